The van der Waals surface area contributed by atoms with Crippen molar-refractivity contribution in [3.8, 4) is 0 Å². The molecular weight excluding hydrogens is 144 g/mol. The first kappa shape index (κ1) is 10.6. The maximum Gasteiger partial charge on any atom is 0.0978 e. The molecule has 0 aliphatic heterocycles. The lowest BCUT2D eigenvalue weighted by atomic mass is 10.1. The second kappa shape index (κ2) is 3.85. The molecule has 0 saturated carbocycles. The van der Waals surface area contributed by atoms with Crippen molar-refractivity contribution in [1.82, 2.24) is 0 Å². The minimum absolute atomic E-state index is 0.798. The fourth-order valence-corrected chi connectivity index (χ4v) is 0.495. The molecule has 0 bridgehead atoms. The monoisotopic (exact) mass is 160 g/mol. The Morgan fingerprint density at radius 3 is 2.00 bits per heavy atom. The van der Waals surface area contributed by atoms with Crippen LogP contribution in [0.15, 0.2) is 12.2 Å². The molecule has 0 rings (SSSR count). The zero-order valence-electron chi connectivity index (χ0n) is 7.15. The van der Waals surface area contributed by atoms with Crippen LogP contribution >= 0.6 is 0 Å². The van der Waals surface area contributed by atoms with E-state index < -0.39 is 17.8 Å². The maximum absolute atomic E-state index is 9.17. The van der Waals surface area contributed by atoms with Crippen molar-refractivity contribution in [2.45, 2.75) is 38.6 Å². The SMILES string of the molecule is CC(O)C(O)/C=C/C(C)(C)O. The quantitative estimate of drug-likeness (QED) is 0.511. The predicted octanol–water partition coefficient (Wildman–Crippen LogP) is 0.0552. The fourth-order valence-electron chi connectivity index (χ4n) is 0.495. The normalized spacial score (nSPS) is 18.7. The largest absolute Gasteiger partial charge is 0.390 e. The zero-order valence-corrected chi connectivity index (χ0v) is 7.15. The van der Waals surface area contributed by atoms with Crippen molar-refractivity contribution < 1.29 is 15.3 Å². The van der Waals surface area contributed by atoms with Crippen LogP contribution in [-0.4, -0.2) is 33.1 Å². The van der Waals surface area contributed by atoms with Crippen molar-refractivity contribution in [1.29, 1.82) is 0 Å². The summed E-state index contributed by atoms with van der Waals surface area (Å²) in [6.07, 6.45) is 1.13. The predicted molar refractivity (Wildman–Crippen MR) is 43.1 cm³/mol. The van der Waals surface area contributed by atoms with Crippen LogP contribution in [-0.2, 0) is 0 Å². The second-order valence-electron chi connectivity index (χ2n) is 3.24. The van der Waals surface area contributed by atoms with Crippen LogP contribution in [0.25, 0.3) is 0 Å². The third-order valence-electron chi connectivity index (χ3n) is 1.20. The van der Waals surface area contributed by atoms with Gasteiger partial charge in [-0.2, -0.15) is 0 Å². The lowest BCUT2D eigenvalue weighted by Gasteiger charge is -2.13. The lowest BCUT2D eigenvalue weighted by molar-refractivity contribution is 0.0596. The smallest absolute Gasteiger partial charge is 0.0978 e. The highest BCUT2D eigenvalue weighted by molar-refractivity contribution is 4.99. The third kappa shape index (κ3) is 6.04. The summed E-state index contributed by atoms with van der Waals surface area (Å²) in [6, 6.07) is 0. The molecule has 2 unspecified atom stereocenters. The van der Waals surface area contributed by atoms with E-state index in [-0.39, 0.29) is 0 Å². The van der Waals surface area contributed by atoms with E-state index in [1.54, 1.807) is 13.8 Å². The zero-order chi connectivity index (χ0) is 9.07. The van der Waals surface area contributed by atoms with Gasteiger partial charge in [-0.3, -0.25) is 0 Å². The molecule has 0 saturated heterocycles. The molecule has 0 amide bonds. The standard InChI is InChI=1S/C8H16O3/c1-6(9)7(10)4-5-8(2,3)11/h4-7,9-11H,1-3H3/b5-4+. The topological polar surface area (TPSA) is 60.7 Å². The van der Waals surface area contributed by atoms with E-state index in [2.05, 4.69) is 0 Å². The Balaban J connectivity index is 3.93. The van der Waals surface area contributed by atoms with Crippen LogP contribution in [0.5, 0.6) is 0 Å². The number of rotatable bonds is 3. The number of hydrogen-bond acceptors (Lipinski definition) is 3. The van der Waals surface area contributed by atoms with Gasteiger partial charge in [0.2, 0.25) is 0 Å². The molecule has 2 atom stereocenters. The lowest BCUT2D eigenvalue weighted by Crippen LogP contribution is -2.22. The number of hydrogen-bond donors (Lipinski definition) is 3. The maximum atomic E-state index is 9.17. The van der Waals surface area contributed by atoms with E-state index in [1.165, 1.54) is 19.1 Å². The van der Waals surface area contributed by atoms with Crippen molar-refractivity contribution in [2.24, 2.45) is 0 Å². The van der Waals surface area contributed by atoms with Crippen molar-refractivity contribution in [3.63, 3.8) is 0 Å². The van der Waals surface area contributed by atoms with E-state index in [0.717, 1.165) is 0 Å². The van der Waals surface area contributed by atoms with Crippen LogP contribution in [0.4, 0.5) is 0 Å². The van der Waals surface area contributed by atoms with Crippen LogP contribution < -0.4 is 0 Å². The summed E-state index contributed by atoms with van der Waals surface area (Å²) < 4.78 is 0. The summed E-state index contributed by atoms with van der Waals surface area (Å²) >= 11 is 0. The van der Waals surface area contributed by atoms with Gasteiger partial charge in [0.05, 0.1) is 17.8 Å². The van der Waals surface area contributed by atoms with Crippen molar-refractivity contribution in [2.75, 3.05) is 0 Å². The molecule has 0 heterocycles. The van der Waals surface area contributed by atoms with Gasteiger partial charge in [-0.15, -0.1) is 0 Å². The Morgan fingerprint density at radius 1 is 1.27 bits per heavy atom. The van der Waals surface area contributed by atoms with Gasteiger partial charge in [0.25, 0.3) is 0 Å². The Hall–Kier alpha value is -0.380. The van der Waals surface area contributed by atoms with Gasteiger partial charge >= 0.3 is 0 Å². The van der Waals surface area contributed by atoms with Gasteiger partial charge < -0.3 is 15.3 Å². The average Bonchev–Trinajstić information content (AvgIpc) is 1.80. The number of aliphatic hydroxyl groups is 3. The minimum atomic E-state index is -0.935. The molecule has 0 aliphatic rings. The highest BCUT2D eigenvalue weighted by Gasteiger charge is 2.10. The van der Waals surface area contributed by atoms with Gasteiger partial charge in [0.15, 0.2) is 0 Å². The second-order valence-corrected chi connectivity index (χ2v) is 3.24. The van der Waals surface area contributed by atoms with Crippen molar-refractivity contribution in [3.05, 3.63) is 12.2 Å². The van der Waals surface area contributed by atoms with E-state index in [1.807, 2.05) is 0 Å². The van der Waals surface area contributed by atoms with Crippen LogP contribution in [0.2, 0.25) is 0 Å². The Kier molecular flexibility index (Phi) is 3.72. The Bertz CT molecular complexity index is 133. The highest BCUT2D eigenvalue weighted by atomic mass is 16.3. The molecule has 0 fully saturated rings. The summed E-state index contributed by atoms with van der Waals surface area (Å²) in [6.45, 7) is 4.68. The highest BCUT2D eigenvalue weighted by Crippen LogP contribution is 2.04. The summed E-state index contributed by atoms with van der Waals surface area (Å²) in [4.78, 5) is 0. The molecule has 11 heavy (non-hydrogen) atoms. The van der Waals surface area contributed by atoms with Crippen LogP contribution in [0.3, 0.4) is 0 Å². The third-order valence-corrected chi connectivity index (χ3v) is 1.20. The van der Waals surface area contributed by atoms with Gasteiger partial charge in [-0.05, 0) is 20.8 Å². The van der Waals surface area contributed by atoms with E-state index in [4.69, 9.17) is 15.3 Å². The van der Waals surface area contributed by atoms with Crippen LogP contribution in [0, 0.1) is 0 Å². The van der Waals surface area contributed by atoms with E-state index in [9.17, 15) is 0 Å². The van der Waals surface area contributed by atoms with Gasteiger partial charge in [0, 0.05) is 0 Å². The molecule has 3 nitrogen and oxygen atoms in total. The molecule has 3 heteroatoms. The molecule has 0 radical (unpaired) electrons. The Morgan fingerprint density at radius 2 is 1.73 bits per heavy atom. The molecule has 0 aromatic heterocycles. The molecule has 3 N–H and O–H groups in total. The molecule has 0 aromatic rings. The van der Waals surface area contributed by atoms with E-state index >= 15 is 0 Å². The van der Waals surface area contributed by atoms with E-state index in [0.29, 0.717) is 0 Å². The average molecular weight is 160 g/mol. The van der Waals surface area contributed by atoms with Gasteiger partial charge in [0.1, 0.15) is 0 Å². The molecule has 0 spiro atoms. The molecule has 0 aromatic carbocycles. The van der Waals surface area contributed by atoms with Gasteiger partial charge in [-0.1, -0.05) is 12.2 Å². The molecule has 66 valence electrons. The fraction of sp³-hybridized carbons (Fsp3) is 0.750. The summed E-state index contributed by atoms with van der Waals surface area (Å²) in [7, 11) is 0. The summed E-state index contributed by atoms with van der Waals surface area (Å²) in [5, 5.41) is 27.0. The van der Waals surface area contributed by atoms with Crippen molar-refractivity contribution >= 4 is 0 Å². The first-order chi connectivity index (χ1) is 4.83. The first-order valence-electron chi connectivity index (χ1n) is 3.61. The summed E-state index contributed by atoms with van der Waals surface area (Å²) in [5.74, 6) is 0. The van der Waals surface area contributed by atoms with Crippen LogP contribution in [0.1, 0.15) is 20.8 Å². The molecule has 0 aliphatic carbocycles. The molecular formula is C8H16O3. The Labute approximate surface area is 67.0 Å². The number of aliphatic hydroxyl groups excluding tert-OH is 2. The minimum Gasteiger partial charge on any atom is -0.390 e. The first-order valence-corrected chi connectivity index (χ1v) is 3.61. The van der Waals surface area contributed by atoms with Gasteiger partial charge in [-0.25, -0.2) is 0 Å². The summed E-state index contributed by atoms with van der Waals surface area (Å²) in [5.41, 5.74) is -0.935.